The highest BCUT2D eigenvalue weighted by molar-refractivity contribution is 6.58. The van der Waals surface area contributed by atoms with Crippen LogP contribution in [0.25, 0.3) is 0 Å². The standard InChI is InChI=1S/C13H19BN2O3/c1-12(2,17)13(3,4)19-14(18)10-7-9-5-6-15-11(9)16-8-10/h5-8,11,17-18H,1-4H3/t11-/m1/s1. The zero-order valence-corrected chi connectivity index (χ0v) is 11.7. The molecule has 2 rings (SSSR count). The van der Waals surface area contributed by atoms with Crippen molar-refractivity contribution < 1.29 is 14.8 Å². The SMILES string of the molecule is CC(C)(O)C(C)(C)OB(O)C1=CC2=CC=N[C@@H]2N=C1. The maximum atomic E-state index is 10.1. The van der Waals surface area contributed by atoms with Crippen molar-refractivity contribution in [3.05, 3.63) is 23.2 Å². The number of aliphatic imine (C=N–C) groups is 2. The van der Waals surface area contributed by atoms with Crippen molar-refractivity contribution in [1.29, 1.82) is 0 Å². The van der Waals surface area contributed by atoms with Gasteiger partial charge in [0.25, 0.3) is 0 Å². The second kappa shape index (κ2) is 4.70. The lowest BCUT2D eigenvalue weighted by Crippen LogP contribution is -2.51. The third kappa shape index (κ3) is 2.86. The fraction of sp³-hybridized carbons (Fsp3) is 0.538. The van der Waals surface area contributed by atoms with Crippen molar-refractivity contribution in [2.45, 2.75) is 45.1 Å². The lowest BCUT2D eigenvalue weighted by atomic mass is 9.74. The third-order valence-electron chi connectivity index (χ3n) is 3.66. The molecule has 2 heterocycles. The van der Waals surface area contributed by atoms with Crippen LogP contribution in [0.15, 0.2) is 33.2 Å². The fourth-order valence-corrected chi connectivity index (χ4v) is 1.64. The number of hydrogen-bond acceptors (Lipinski definition) is 5. The first-order valence-electron chi connectivity index (χ1n) is 6.27. The van der Waals surface area contributed by atoms with Crippen molar-refractivity contribution in [2.75, 3.05) is 0 Å². The molecule has 0 amide bonds. The minimum Gasteiger partial charge on any atom is -0.423 e. The Balaban J connectivity index is 2.10. The van der Waals surface area contributed by atoms with Crippen molar-refractivity contribution in [3.8, 4) is 0 Å². The van der Waals surface area contributed by atoms with E-state index in [1.54, 1.807) is 40.1 Å². The molecule has 0 aromatic heterocycles. The van der Waals surface area contributed by atoms with E-state index in [9.17, 15) is 10.1 Å². The highest BCUT2D eigenvalue weighted by Crippen LogP contribution is 2.28. The summed E-state index contributed by atoms with van der Waals surface area (Å²) in [6, 6.07) is 0. The first kappa shape index (κ1) is 14.2. The molecule has 0 saturated heterocycles. The van der Waals surface area contributed by atoms with Crippen LogP contribution in [0, 0.1) is 0 Å². The molecule has 0 aliphatic carbocycles. The van der Waals surface area contributed by atoms with Crippen LogP contribution in [0.1, 0.15) is 27.7 Å². The van der Waals surface area contributed by atoms with E-state index >= 15 is 0 Å². The fourth-order valence-electron chi connectivity index (χ4n) is 1.64. The van der Waals surface area contributed by atoms with Crippen LogP contribution in [0.5, 0.6) is 0 Å². The van der Waals surface area contributed by atoms with Crippen molar-refractivity contribution in [1.82, 2.24) is 0 Å². The van der Waals surface area contributed by atoms with Gasteiger partial charge >= 0.3 is 7.12 Å². The summed E-state index contributed by atoms with van der Waals surface area (Å²) in [6.07, 6.45) is 6.75. The molecule has 102 valence electrons. The summed E-state index contributed by atoms with van der Waals surface area (Å²) in [4.78, 5) is 8.37. The molecule has 0 unspecified atom stereocenters. The molecule has 0 bridgehead atoms. The minimum absolute atomic E-state index is 0.182. The van der Waals surface area contributed by atoms with Crippen molar-refractivity contribution >= 4 is 19.5 Å². The summed E-state index contributed by atoms with van der Waals surface area (Å²) < 4.78 is 5.57. The number of allylic oxidation sites excluding steroid dienone is 2. The average Bonchev–Trinajstić information content (AvgIpc) is 2.73. The number of rotatable bonds is 4. The van der Waals surface area contributed by atoms with Crippen LogP contribution in [0.2, 0.25) is 0 Å². The summed E-state index contributed by atoms with van der Waals surface area (Å²) in [5, 5.41) is 20.2. The molecule has 1 atom stereocenters. The second-order valence-corrected chi connectivity index (χ2v) is 5.80. The van der Waals surface area contributed by atoms with Gasteiger partial charge in [0.05, 0.1) is 11.2 Å². The van der Waals surface area contributed by atoms with Gasteiger partial charge in [-0.15, -0.1) is 0 Å². The molecule has 0 aromatic rings. The van der Waals surface area contributed by atoms with Crippen LogP contribution in [-0.2, 0) is 4.65 Å². The summed E-state index contributed by atoms with van der Waals surface area (Å²) in [6.45, 7) is 6.76. The quantitative estimate of drug-likeness (QED) is 0.740. The third-order valence-corrected chi connectivity index (χ3v) is 3.66. The smallest absolute Gasteiger partial charge is 0.423 e. The number of fused-ring (bicyclic) bond motifs is 1. The van der Waals surface area contributed by atoms with E-state index in [0.29, 0.717) is 5.47 Å². The molecule has 0 saturated carbocycles. The van der Waals surface area contributed by atoms with Gasteiger partial charge in [0.15, 0.2) is 6.17 Å². The summed E-state index contributed by atoms with van der Waals surface area (Å²) in [5.74, 6) is 0. The molecule has 5 nitrogen and oxygen atoms in total. The Labute approximate surface area is 113 Å². The largest absolute Gasteiger partial charge is 0.493 e. The number of dihydropyridines is 1. The Morgan fingerprint density at radius 3 is 2.58 bits per heavy atom. The predicted molar refractivity (Wildman–Crippen MR) is 76.4 cm³/mol. The van der Waals surface area contributed by atoms with Gasteiger partial charge in [-0.05, 0) is 39.3 Å². The minimum atomic E-state index is -1.13. The van der Waals surface area contributed by atoms with Gasteiger partial charge in [-0.25, -0.2) is 0 Å². The lowest BCUT2D eigenvalue weighted by Gasteiger charge is -2.38. The predicted octanol–water partition coefficient (Wildman–Crippen LogP) is 0.920. The second-order valence-electron chi connectivity index (χ2n) is 5.80. The summed E-state index contributed by atoms with van der Waals surface area (Å²) >= 11 is 0. The summed E-state index contributed by atoms with van der Waals surface area (Å²) in [7, 11) is -1.13. The normalized spacial score (nSPS) is 22.1. The molecular formula is C13H19BN2O3. The van der Waals surface area contributed by atoms with Crippen molar-refractivity contribution in [2.24, 2.45) is 9.98 Å². The Morgan fingerprint density at radius 2 is 1.95 bits per heavy atom. The van der Waals surface area contributed by atoms with E-state index in [1.165, 1.54) is 0 Å². The van der Waals surface area contributed by atoms with E-state index in [-0.39, 0.29) is 6.17 Å². The molecular weight excluding hydrogens is 243 g/mol. The maximum Gasteiger partial charge on any atom is 0.493 e. The number of hydrogen-bond donors (Lipinski definition) is 2. The zero-order chi connectivity index (χ0) is 14.3. The highest BCUT2D eigenvalue weighted by Gasteiger charge is 2.40. The number of nitrogens with zero attached hydrogens (tertiary/aromatic N) is 2. The van der Waals surface area contributed by atoms with Crippen LogP contribution in [-0.4, -0.2) is 47.0 Å². The Bertz CT molecular complexity index is 487. The van der Waals surface area contributed by atoms with E-state index in [2.05, 4.69) is 9.98 Å². The highest BCUT2D eigenvalue weighted by atomic mass is 16.5. The van der Waals surface area contributed by atoms with E-state index in [1.807, 2.05) is 12.2 Å². The molecule has 0 aromatic carbocycles. The molecule has 0 spiro atoms. The molecule has 6 heteroatoms. The van der Waals surface area contributed by atoms with Gasteiger partial charge in [0, 0.05) is 17.9 Å². The van der Waals surface area contributed by atoms with Crippen molar-refractivity contribution in [3.63, 3.8) is 0 Å². The summed E-state index contributed by atoms with van der Waals surface area (Å²) in [5.41, 5.74) is -0.469. The number of aliphatic hydroxyl groups is 1. The van der Waals surface area contributed by atoms with Crippen LogP contribution in [0.4, 0.5) is 0 Å². The molecule has 2 aliphatic rings. The van der Waals surface area contributed by atoms with Gasteiger partial charge in [0.1, 0.15) is 0 Å². The van der Waals surface area contributed by atoms with E-state index in [0.717, 1.165) is 5.57 Å². The van der Waals surface area contributed by atoms with Gasteiger partial charge in [0.2, 0.25) is 0 Å². The molecule has 2 aliphatic heterocycles. The van der Waals surface area contributed by atoms with Gasteiger partial charge in [-0.1, -0.05) is 6.08 Å². The molecule has 2 N–H and O–H groups in total. The van der Waals surface area contributed by atoms with Gasteiger partial charge < -0.3 is 14.8 Å². The molecule has 0 radical (unpaired) electrons. The van der Waals surface area contributed by atoms with Crippen LogP contribution >= 0.6 is 0 Å². The maximum absolute atomic E-state index is 10.1. The Morgan fingerprint density at radius 1 is 1.26 bits per heavy atom. The molecule has 0 fully saturated rings. The first-order chi connectivity index (χ1) is 8.71. The first-order valence-corrected chi connectivity index (χ1v) is 6.27. The van der Waals surface area contributed by atoms with Gasteiger partial charge in [-0.3, -0.25) is 9.98 Å². The lowest BCUT2D eigenvalue weighted by molar-refractivity contribution is -0.0986. The topological polar surface area (TPSA) is 74.4 Å². The van der Waals surface area contributed by atoms with Crippen LogP contribution in [0.3, 0.4) is 0 Å². The van der Waals surface area contributed by atoms with E-state index in [4.69, 9.17) is 4.65 Å². The monoisotopic (exact) mass is 262 g/mol. The average molecular weight is 262 g/mol. The van der Waals surface area contributed by atoms with Gasteiger partial charge in [-0.2, -0.15) is 0 Å². The molecule has 19 heavy (non-hydrogen) atoms. The Kier molecular flexibility index (Phi) is 3.51. The van der Waals surface area contributed by atoms with Crippen LogP contribution < -0.4 is 0 Å². The van der Waals surface area contributed by atoms with E-state index < -0.39 is 18.3 Å². The Hall–Kier alpha value is -1.24. The zero-order valence-electron chi connectivity index (χ0n) is 11.7.